The maximum Gasteiger partial charge on any atom is 0.134 e. The number of carbonyl (C=O) groups excluding carboxylic acids is 2. The summed E-state index contributed by atoms with van der Waals surface area (Å²) in [7, 11) is 0. The van der Waals surface area contributed by atoms with E-state index < -0.39 is 0 Å². The zero-order valence-corrected chi connectivity index (χ0v) is 12.6. The molecule has 3 atom stereocenters. The number of ketones is 2. The zero-order chi connectivity index (χ0) is 14.6. The highest BCUT2D eigenvalue weighted by atomic mass is 16.1. The maximum absolute atomic E-state index is 12.0. The molecule has 0 saturated heterocycles. The van der Waals surface area contributed by atoms with Gasteiger partial charge in [-0.1, -0.05) is 73.4 Å². The van der Waals surface area contributed by atoms with E-state index in [2.05, 4.69) is 31.2 Å². The van der Waals surface area contributed by atoms with Gasteiger partial charge in [-0.3, -0.25) is 9.59 Å². The molecule has 0 aliphatic carbocycles. The topological polar surface area (TPSA) is 34.1 Å². The molecular formula is C21H40O2. The van der Waals surface area contributed by atoms with Crippen LogP contribution < -0.4 is 0 Å². The lowest BCUT2D eigenvalue weighted by Gasteiger charge is -2.28. The molecule has 0 N–H and O–H groups in total. The predicted molar refractivity (Wildman–Crippen MR) is 105 cm³/mol. The van der Waals surface area contributed by atoms with Crippen molar-refractivity contribution in [2.75, 3.05) is 0 Å². The van der Waals surface area contributed by atoms with Crippen molar-refractivity contribution < 1.29 is 9.59 Å². The van der Waals surface area contributed by atoms with E-state index in [4.69, 9.17) is 0 Å². The third-order valence-electron chi connectivity index (χ3n) is 4.03. The van der Waals surface area contributed by atoms with Crippen molar-refractivity contribution >= 4 is 11.6 Å². The fourth-order valence-corrected chi connectivity index (χ4v) is 2.75. The Hall–Kier alpha value is -1.44. The first-order valence-corrected chi connectivity index (χ1v) is 6.96. The fourth-order valence-electron chi connectivity index (χ4n) is 2.75. The molecule has 0 heterocycles. The molecule has 23 heavy (non-hydrogen) atoms. The summed E-state index contributed by atoms with van der Waals surface area (Å²) >= 11 is 0. The van der Waals surface area contributed by atoms with Gasteiger partial charge in [-0.05, 0) is 38.7 Å². The number of carbonyl (C=O) groups is 2. The Morgan fingerprint density at radius 2 is 1.35 bits per heavy atom. The van der Waals surface area contributed by atoms with Crippen LogP contribution in [0, 0.1) is 18.8 Å². The Morgan fingerprint density at radius 1 is 0.913 bits per heavy atom. The number of aryl methyl sites for hydroxylation is 1. The quantitative estimate of drug-likeness (QED) is 0.601. The van der Waals surface area contributed by atoms with E-state index in [1.807, 2.05) is 13.8 Å². The Balaban J connectivity index is -0.000000451. The molecule has 1 aromatic rings. The number of benzene rings is 1. The molecule has 1 rings (SSSR count). The highest BCUT2D eigenvalue weighted by Crippen LogP contribution is 2.34. The number of rotatable bonds is 6. The van der Waals surface area contributed by atoms with E-state index in [9.17, 15) is 9.59 Å². The first-order chi connectivity index (χ1) is 8.88. The van der Waals surface area contributed by atoms with Gasteiger partial charge in [0.1, 0.15) is 11.6 Å². The van der Waals surface area contributed by atoms with E-state index >= 15 is 0 Å². The highest BCUT2D eigenvalue weighted by molar-refractivity contribution is 5.88. The van der Waals surface area contributed by atoms with Crippen LogP contribution >= 0.6 is 0 Å². The Labute approximate surface area is 145 Å². The van der Waals surface area contributed by atoms with Crippen LogP contribution in [0.4, 0.5) is 0 Å². The van der Waals surface area contributed by atoms with E-state index in [0.29, 0.717) is 0 Å². The second kappa shape index (κ2) is 13.0. The average Bonchev–Trinajstić information content (AvgIpc) is 2.35. The molecule has 0 radical (unpaired) electrons. The summed E-state index contributed by atoms with van der Waals surface area (Å²) in [6, 6.07) is 8.28. The van der Waals surface area contributed by atoms with Gasteiger partial charge in [0.2, 0.25) is 0 Å². The van der Waals surface area contributed by atoms with Gasteiger partial charge in [-0.15, -0.1) is 0 Å². The summed E-state index contributed by atoms with van der Waals surface area (Å²) in [6.45, 7) is 9.16. The van der Waals surface area contributed by atoms with Crippen molar-refractivity contribution in [1.82, 2.24) is 0 Å². The molecule has 0 spiro atoms. The zero-order valence-electron chi connectivity index (χ0n) is 12.6. The van der Waals surface area contributed by atoms with Crippen molar-refractivity contribution in [3.05, 3.63) is 35.4 Å². The van der Waals surface area contributed by atoms with Gasteiger partial charge >= 0.3 is 0 Å². The maximum atomic E-state index is 12.0. The van der Waals surface area contributed by atoms with E-state index in [1.165, 1.54) is 5.56 Å². The molecule has 0 bridgehead atoms. The molecule has 2 heteroatoms. The van der Waals surface area contributed by atoms with Crippen molar-refractivity contribution in [1.29, 1.82) is 0 Å². The van der Waals surface area contributed by atoms with Gasteiger partial charge < -0.3 is 0 Å². The molecular weight excluding hydrogens is 284 g/mol. The summed E-state index contributed by atoms with van der Waals surface area (Å²) in [5.74, 6) is -0.119. The molecule has 0 saturated carbocycles. The minimum absolute atomic E-state index is 0. The highest BCUT2D eigenvalue weighted by Gasteiger charge is 2.32. The molecule has 0 aliphatic heterocycles. The summed E-state index contributed by atoms with van der Waals surface area (Å²) < 4.78 is 0. The van der Waals surface area contributed by atoms with Crippen LogP contribution in [0.15, 0.2) is 24.3 Å². The smallest absolute Gasteiger partial charge is 0.134 e. The minimum atomic E-state index is -0.219. The lowest BCUT2D eigenvalue weighted by Crippen LogP contribution is -2.30. The van der Waals surface area contributed by atoms with E-state index in [0.717, 1.165) is 12.0 Å². The molecule has 1 aromatic carbocycles. The van der Waals surface area contributed by atoms with Crippen LogP contribution in [0.1, 0.15) is 80.9 Å². The lowest BCUT2D eigenvalue weighted by atomic mass is 9.74. The Morgan fingerprint density at radius 3 is 1.65 bits per heavy atom. The molecule has 3 unspecified atom stereocenters. The number of Topliss-reactive ketones (excluding diaryl/α,β-unsaturated/α-hetero) is 2. The SMILES string of the molecule is C.C.C.C.CCC(c1ccc(C)cc1)C(C(C)=O)C(C)C(C)=O. The molecule has 0 fully saturated rings. The van der Waals surface area contributed by atoms with Gasteiger partial charge in [0.05, 0.1) is 0 Å². The van der Waals surface area contributed by atoms with Gasteiger partial charge in [0.25, 0.3) is 0 Å². The molecule has 0 aromatic heterocycles. The predicted octanol–water partition coefficient (Wildman–Crippen LogP) is 6.46. The first-order valence-electron chi connectivity index (χ1n) is 6.96. The Kier molecular flexibility index (Phi) is 16.8. The van der Waals surface area contributed by atoms with Gasteiger partial charge in [-0.2, -0.15) is 0 Å². The number of hydrogen-bond acceptors (Lipinski definition) is 2. The summed E-state index contributed by atoms with van der Waals surface area (Å²) in [5.41, 5.74) is 2.36. The summed E-state index contributed by atoms with van der Waals surface area (Å²) in [6.07, 6.45) is 0.866. The second-order valence-electron chi connectivity index (χ2n) is 5.46. The van der Waals surface area contributed by atoms with Crippen molar-refractivity contribution in [3.8, 4) is 0 Å². The van der Waals surface area contributed by atoms with Crippen LogP contribution in [-0.2, 0) is 9.59 Å². The number of hydrogen-bond donors (Lipinski definition) is 0. The summed E-state index contributed by atoms with van der Waals surface area (Å²) in [4.78, 5) is 23.6. The van der Waals surface area contributed by atoms with E-state index in [-0.39, 0.29) is 59.0 Å². The van der Waals surface area contributed by atoms with Crippen LogP contribution in [0.25, 0.3) is 0 Å². The monoisotopic (exact) mass is 324 g/mol. The van der Waals surface area contributed by atoms with Crippen LogP contribution in [0.5, 0.6) is 0 Å². The molecule has 0 aliphatic rings. The van der Waals surface area contributed by atoms with Gasteiger partial charge in [0.15, 0.2) is 0 Å². The lowest BCUT2D eigenvalue weighted by molar-refractivity contribution is -0.130. The third-order valence-corrected chi connectivity index (χ3v) is 4.03. The van der Waals surface area contributed by atoms with Crippen molar-refractivity contribution in [2.45, 2.75) is 76.7 Å². The van der Waals surface area contributed by atoms with Crippen LogP contribution in [0.3, 0.4) is 0 Å². The Bertz CT molecular complexity index is 445. The van der Waals surface area contributed by atoms with Crippen LogP contribution in [-0.4, -0.2) is 11.6 Å². The summed E-state index contributed by atoms with van der Waals surface area (Å²) in [5, 5.41) is 0. The fraction of sp³-hybridized carbons (Fsp3) is 0.619. The van der Waals surface area contributed by atoms with E-state index in [1.54, 1.807) is 13.8 Å². The molecule has 2 nitrogen and oxygen atoms in total. The molecule has 0 amide bonds. The third kappa shape index (κ3) is 7.58. The van der Waals surface area contributed by atoms with Gasteiger partial charge in [0, 0.05) is 11.8 Å². The van der Waals surface area contributed by atoms with Crippen molar-refractivity contribution in [3.63, 3.8) is 0 Å². The minimum Gasteiger partial charge on any atom is -0.300 e. The van der Waals surface area contributed by atoms with Crippen LogP contribution in [0.2, 0.25) is 0 Å². The average molecular weight is 325 g/mol. The largest absolute Gasteiger partial charge is 0.300 e. The molecule has 136 valence electrons. The van der Waals surface area contributed by atoms with Gasteiger partial charge in [-0.25, -0.2) is 0 Å². The first kappa shape index (κ1) is 29.6. The normalized spacial score (nSPS) is 12.9. The second-order valence-corrected chi connectivity index (χ2v) is 5.46. The standard InChI is InChI=1S/C17H24O2.4CH4/c1-6-16(15-9-7-11(2)8-10-15)17(14(5)19)12(3)13(4)18;;;;/h7-10,12,16-17H,6H2,1-5H3;4*1H4. The van der Waals surface area contributed by atoms with Crippen molar-refractivity contribution in [2.24, 2.45) is 11.8 Å².